The number of hydrogen-bond acceptors (Lipinski definition) is 2. The molecule has 0 aliphatic carbocycles. The van der Waals surface area contributed by atoms with Gasteiger partial charge in [-0.2, -0.15) is 0 Å². The number of hydrogen-bond donors (Lipinski definition) is 0. The summed E-state index contributed by atoms with van der Waals surface area (Å²) in [7, 11) is 0. The van der Waals surface area contributed by atoms with Crippen molar-refractivity contribution in [2.45, 2.75) is 56.8 Å². The van der Waals surface area contributed by atoms with Crippen molar-refractivity contribution < 1.29 is 6.15 Å². The fourth-order valence-corrected chi connectivity index (χ4v) is 2.51. The predicted molar refractivity (Wildman–Crippen MR) is 56.2 cm³/mol. The number of rotatable bonds is 9. The van der Waals surface area contributed by atoms with Crippen molar-refractivity contribution in [3.05, 3.63) is 0 Å². The van der Waals surface area contributed by atoms with Crippen LogP contribution in [0.2, 0.25) is 4.94 Å². The molecule has 3 heteroatoms. The second-order valence-electron chi connectivity index (χ2n) is 3.46. The fraction of sp³-hybridized carbons (Fsp3) is 1.00. The molecule has 0 aliphatic heterocycles. The zero-order valence-corrected chi connectivity index (χ0v) is 11.8. The molecule has 0 unspecified atom stereocenters. The predicted octanol–water partition coefficient (Wildman–Crippen LogP) is 3.30. The monoisotopic (exact) mass is 294 g/mol. The first-order chi connectivity index (χ1) is 6.27. The van der Waals surface area contributed by atoms with Gasteiger partial charge < -0.3 is 0 Å². The van der Waals surface area contributed by atoms with E-state index in [2.05, 4.69) is 6.92 Å². The van der Waals surface area contributed by atoms with Gasteiger partial charge in [0.25, 0.3) is 0 Å². The molecule has 0 radical (unpaired) electrons. The van der Waals surface area contributed by atoms with E-state index in [1.165, 1.54) is 38.5 Å². The van der Waals surface area contributed by atoms with E-state index in [0.29, 0.717) is 0 Å². The summed E-state index contributed by atoms with van der Waals surface area (Å²) in [6.07, 6.45) is 9.03. The molecule has 2 nitrogen and oxygen atoms in total. The van der Waals surface area contributed by atoms with E-state index in [0.717, 1.165) is 13.0 Å². The van der Waals surface area contributed by atoms with Crippen molar-refractivity contribution in [3.8, 4) is 0 Å². The molecule has 0 saturated heterocycles. The minimum absolute atomic E-state index is 0.725. The first kappa shape index (κ1) is 13.6. The fourth-order valence-electron chi connectivity index (χ4n) is 1.28. The molecule has 0 saturated carbocycles. The van der Waals surface area contributed by atoms with E-state index in [-0.39, 0.29) is 0 Å². The van der Waals surface area contributed by atoms with E-state index in [9.17, 15) is 3.08 Å². The first-order valence-corrected chi connectivity index (χ1v) is 10.6. The van der Waals surface area contributed by atoms with Gasteiger partial charge in [0.05, 0.1) is 0 Å². The van der Waals surface area contributed by atoms with Gasteiger partial charge in [0.2, 0.25) is 0 Å². The Balaban J connectivity index is 2.87. The molecule has 0 spiro atoms. The Hall–Kier alpha value is 0.559. The molecule has 0 bridgehead atoms. The van der Waals surface area contributed by atoms with Gasteiger partial charge in [0, 0.05) is 0 Å². The Morgan fingerprint density at radius 1 is 1.00 bits per heavy atom. The van der Waals surface area contributed by atoms with Crippen LogP contribution in [0.3, 0.4) is 0 Å². The third-order valence-electron chi connectivity index (χ3n) is 2.05. The zero-order valence-electron chi connectivity index (χ0n) is 8.97. The van der Waals surface area contributed by atoms with Gasteiger partial charge in [-0.15, -0.1) is 0 Å². The third kappa shape index (κ3) is 12.6. The van der Waals surface area contributed by atoms with Crippen LogP contribution in [0.25, 0.3) is 0 Å². The van der Waals surface area contributed by atoms with E-state index in [1.807, 2.05) is 0 Å². The van der Waals surface area contributed by atoms with Crippen molar-refractivity contribution >= 4 is 20.2 Å². The van der Waals surface area contributed by atoms with Crippen molar-refractivity contribution in [1.29, 1.82) is 0 Å². The average molecular weight is 293 g/mol. The quantitative estimate of drug-likeness (QED) is 0.481. The second kappa shape index (κ2) is 10.6. The summed E-state index contributed by atoms with van der Waals surface area (Å²) in [6.45, 7) is 2.96. The molecule has 78 valence electrons. The van der Waals surface area contributed by atoms with Gasteiger partial charge in [0.1, 0.15) is 0 Å². The Bertz CT molecular complexity index is 126. The van der Waals surface area contributed by atoms with E-state index >= 15 is 0 Å². The molecule has 0 amide bonds. The van der Waals surface area contributed by atoms with Crippen molar-refractivity contribution in [1.82, 2.24) is 0 Å². The normalized spacial score (nSPS) is 10.3. The minimum atomic E-state index is -2.47. The van der Waals surface area contributed by atoms with Gasteiger partial charge in [-0.05, 0) is 0 Å². The molecule has 0 aromatic rings. The van der Waals surface area contributed by atoms with Crippen LogP contribution in [0, 0.1) is 0 Å². The topological polar surface area (TPSA) is 26.3 Å². The molecule has 0 fully saturated rings. The molecule has 0 heterocycles. The Labute approximate surface area is 89.7 Å². The van der Waals surface area contributed by atoms with Crippen LogP contribution in [0.1, 0.15) is 51.9 Å². The van der Waals surface area contributed by atoms with Gasteiger partial charge in [0.15, 0.2) is 0 Å². The van der Waals surface area contributed by atoms with Crippen molar-refractivity contribution in [2.75, 3.05) is 6.61 Å². The van der Waals surface area contributed by atoms with Crippen molar-refractivity contribution in [2.24, 2.45) is 0 Å². The van der Waals surface area contributed by atoms with Gasteiger partial charge in [-0.25, -0.2) is 0 Å². The molecular weight excluding hydrogens is 271 g/mol. The molecular formula is C10H22O2Sn. The molecule has 0 rings (SSSR count). The summed E-state index contributed by atoms with van der Waals surface area (Å²) < 4.78 is 15.8. The van der Waals surface area contributed by atoms with E-state index in [1.54, 1.807) is 4.94 Å². The van der Waals surface area contributed by atoms with Crippen LogP contribution in [0.15, 0.2) is 0 Å². The molecule has 13 heavy (non-hydrogen) atoms. The summed E-state index contributed by atoms with van der Waals surface area (Å²) in [5.41, 5.74) is 0. The van der Waals surface area contributed by atoms with Crippen LogP contribution in [0.4, 0.5) is 0 Å². The Kier molecular flexibility index (Phi) is 11.1. The third-order valence-corrected chi connectivity index (χ3v) is 3.80. The standard InChI is InChI=1S/C9H19O.CH3.O.Sn/c1-2-3-4-5-6-7-8-9-10;;;/h2-9H2,1H3;1H3;;/q-1;;;+1. The molecule has 0 aliphatic rings. The summed E-state index contributed by atoms with van der Waals surface area (Å²) in [5, 5.41) is 0. The molecule has 0 aromatic heterocycles. The van der Waals surface area contributed by atoms with Crippen LogP contribution in [0.5, 0.6) is 0 Å². The zero-order chi connectivity index (χ0) is 9.94. The number of unbranched alkanes of at least 4 members (excludes halogenated alkanes) is 6. The Morgan fingerprint density at radius 3 is 2.08 bits per heavy atom. The van der Waals surface area contributed by atoms with Crippen LogP contribution < -0.4 is 0 Å². The van der Waals surface area contributed by atoms with Gasteiger partial charge >= 0.3 is 89.7 Å². The summed E-state index contributed by atoms with van der Waals surface area (Å²) in [5.74, 6) is 0. The maximum absolute atomic E-state index is 10.7. The van der Waals surface area contributed by atoms with Crippen LogP contribution in [-0.4, -0.2) is 26.8 Å². The van der Waals surface area contributed by atoms with Crippen molar-refractivity contribution in [3.63, 3.8) is 0 Å². The summed E-state index contributed by atoms with van der Waals surface area (Å²) >= 11 is -2.47. The van der Waals surface area contributed by atoms with Crippen LogP contribution in [-0.2, 0) is 6.15 Å². The van der Waals surface area contributed by atoms with E-state index in [4.69, 9.17) is 3.07 Å². The molecule has 0 atom stereocenters. The molecule has 0 N–H and O–H groups in total. The summed E-state index contributed by atoms with van der Waals surface area (Å²) in [6, 6.07) is 0. The summed E-state index contributed by atoms with van der Waals surface area (Å²) in [4.78, 5) is 1.74. The molecule has 0 aromatic carbocycles. The maximum atomic E-state index is 10.7. The first-order valence-electron chi connectivity index (χ1n) is 5.40. The average Bonchev–Trinajstić information content (AvgIpc) is 2.09. The second-order valence-corrected chi connectivity index (χ2v) is 7.09. The van der Waals surface area contributed by atoms with E-state index < -0.39 is 20.2 Å². The van der Waals surface area contributed by atoms with Gasteiger partial charge in [-0.3, -0.25) is 0 Å². The SMILES string of the molecule is CCCCCCCCC[O][Sn]([CH3])=[O]. The van der Waals surface area contributed by atoms with Gasteiger partial charge in [-0.1, -0.05) is 0 Å². The van der Waals surface area contributed by atoms with Crippen LogP contribution >= 0.6 is 0 Å². The Morgan fingerprint density at radius 2 is 1.54 bits per heavy atom.